The van der Waals surface area contributed by atoms with Gasteiger partial charge in [-0.25, -0.2) is 0 Å². The highest BCUT2D eigenvalue weighted by molar-refractivity contribution is 7.09. The maximum absolute atomic E-state index is 3.63. The van der Waals surface area contributed by atoms with Gasteiger partial charge in [-0.2, -0.15) is 0 Å². The molecule has 118 valence electrons. The van der Waals surface area contributed by atoms with Crippen molar-refractivity contribution in [3.63, 3.8) is 0 Å². The zero-order valence-corrected chi connectivity index (χ0v) is 14.2. The molecule has 0 aliphatic carbocycles. The van der Waals surface area contributed by atoms with Gasteiger partial charge in [0.2, 0.25) is 0 Å². The van der Waals surface area contributed by atoms with Gasteiger partial charge >= 0.3 is 0 Å². The number of rotatable bonds is 5. The van der Waals surface area contributed by atoms with E-state index in [0.717, 1.165) is 19.1 Å². The van der Waals surface area contributed by atoms with Gasteiger partial charge in [0.1, 0.15) is 0 Å². The first-order valence-corrected chi connectivity index (χ1v) is 9.35. The summed E-state index contributed by atoms with van der Waals surface area (Å²) < 4.78 is 0. The number of thiophene rings is 1. The third-order valence-corrected chi connectivity index (χ3v) is 6.00. The Balaban J connectivity index is 1.48. The number of hydrogen-bond donors (Lipinski definition) is 1. The molecule has 0 bridgehead atoms. The fourth-order valence-corrected chi connectivity index (χ4v) is 4.60. The van der Waals surface area contributed by atoms with Crippen molar-refractivity contribution in [1.82, 2.24) is 15.1 Å². The van der Waals surface area contributed by atoms with E-state index in [2.05, 4.69) is 46.5 Å². The van der Waals surface area contributed by atoms with Gasteiger partial charge in [0, 0.05) is 49.2 Å². The van der Waals surface area contributed by atoms with E-state index in [9.17, 15) is 0 Å². The van der Waals surface area contributed by atoms with Crippen LogP contribution in [-0.4, -0.2) is 54.1 Å². The van der Waals surface area contributed by atoms with Gasteiger partial charge in [-0.1, -0.05) is 12.5 Å². The minimum atomic E-state index is 0.629. The SMILES string of the molecule is CC(CNCc1cccs1)N1CC2CCCCN2CC1C. The lowest BCUT2D eigenvalue weighted by atomic mass is 9.96. The lowest BCUT2D eigenvalue weighted by molar-refractivity contribution is -0.00376. The Kier molecular flexibility index (Phi) is 5.33. The summed E-state index contributed by atoms with van der Waals surface area (Å²) in [5.41, 5.74) is 0. The molecule has 1 aromatic rings. The van der Waals surface area contributed by atoms with Crippen molar-refractivity contribution in [2.45, 2.75) is 57.8 Å². The molecule has 0 amide bonds. The number of piperidine rings is 1. The molecule has 1 N–H and O–H groups in total. The molecule has 0 spiro atoms. The van der Waals surface area contributed by atoms with Gasteiger partial charge in [0.25, 0.3) is 0 Å². The van der Waals surface area contributed by atoms with E-state index >= 15 is 0 Å². The summed E-state index contributed by atoms with van der Waals surface area (Å²) >= 11 is 1.84. The molecule has 0 radical (unpaired) electrons. The minimum absolute atomic E-state index is 0.629. The van der Waals surface area contributed by atoms with Gasteiger partial charge in [0.15, 0.2) is 0 Å². The molecule has 3 nitrogen and oxygen atoms in total. The quantitative estimate of drug-likeness (QED) is 0.902. The van der Waals surface area contributed by atoms with E-state index in [1.165, 1.54) is 43.8 Å². The fraction of sp³-hybridized carbons (Fsp3) is 0.765. The van der Waals surface area contributed by atoms with E-state index in [1.54, 1.807) is 0 Å². The molecule has 3 heterocycles. The predicted octanol–water partition coefficient (Wildman–Crippen LogP) is 2.78. The molecule has 2 saturated heterocycles. The molecule has 3 unspecified atom stereocenters. The molecule has 1 aromatic heterocycles. The molecular weight excluding hydrogens is 278 g/mol. The number of hydrogen-bond acceptors (Lipinski definition) is 4. The first-order chi connectivity index (χ1) is 10.2. The van der Waals surface area contributed by atoms with E-state index in [4.69, 9.17) is 0 Å². The van der Waals surface area contributed by atoms with Gasteiger partial charge < -0.3 is 5.32 Å². The van der Waals surface area contributed by atoms with Gasteiger partial charge in [-0.15, -0.1) is 11.3 Å². The Bertz CT molecular complexity index is 420. The second kappa shape index (κ2) is 7.23. The van der Waals surface area contributed by atoms with Gasteiger partial charge in [-0.3, -0.25) is 9.80 Å². The Labute approximate surface area is 133 Å². The summed E-state index contributed by atoms with van der Waals surface area (Å²) in [5.74, 6) is 0. The topological polar surface area (TPSA) is 18.5 Å². The summed E-state index contributed by atoms with van der Waals surface area (Å²) in [6.45, 7) is 10.8. The van der Waals surface area contributed by atoms with Crippen molar-refractivity contribution in [2.75, 3.05) is 26.2 Å². The second-order valence-corrected chi connectivity index (χ2v) is 7.78. The van der Waals surface area contributed by atoms with Crippen LogP contribution in [0.2, 0.25) is 0 Å². The monoisotopic (exact) mass is 307 g/mol. The number of nitrogens with one attached hydrogen (secondary N) is 1. The van der Waals surface area contributed by atoms with Crippen LogP contribution in [0.15, 0.2) is 17.5 Å². The van der Waals surface area contributed by atoms with Crippen LogP contribution in [0.5, 0.6) is 0 Å². The first-order valence-electron chi connectivity index (χ1n) is 8.47. The molecule has 2 fully saturated rings. The summed E-state index contributed by atoms with van der Waals surface area (Å²) in [7, 11) is 0. The van der Waals surface area contributed by atoms with Crippen LogP contribution in [0.1, 0.15) is 38.0 Å². The number of piperazine rings is 1. The van der Waals surface area contributed by atoms with Crippen molar-refractivity contribution in [3.8, 4) is 0 Å². The van der Waals surface area contributed by atoms with E-state index in [-0.39, 0.29) is 0 Å². The van der Waals surface area contributed by atoms with Crippen molar-refractivity contribution in [2.24, 2.45) is 0 Å². The molecule has 0 aromatic carbocycles. The highest BCUT2D eigenvalue weighted by Gasteiger charge is 2.34. The third-order valence-electron chi connectivity index (χ3n) is 5.12. The van der Waals surface area contributed by atoms with Crippen LogP contribution in [-0.2, 0) is 6.54 Å². The summed E-state index contributed by atoms with van der Waals surface area (Å²) in [5, 5.41) is 5.79. The van der Waals surface area contributed by atoms with E-state index in [0.29, 0.717) is 12.1 Å². The standard InChI is InChI=1S/C17H29N3S/c1-14(10-18-11-17-7-5-9-21-17)20-13-16-6-3-4-8-19(16)12-15(20)2/h5,7,9,14-16,18H,3-4,6,8,10-13H2,1-2H3. The highest BCUT2D eigenvalue weighted by Crippen LogP contribution is 2.25. The maximum Gasteiger partial charge on any atom is 0.0300 e. The lowest BCUT2D eigenvalue weighted by Crippen LogP contribution is -2.61. The largest absolute Gasteiger partial charge is 0.310 e. The van der Waals surface area contributed by atoms with E-state index < -0.39 is 0 Å². The van der Waals surface area contributed by atoms with Crippen LogP contribution < -0.4 is 5.32 Å². The van der Waals surface area contributed by atoms with E-state index in [1.807, 2.05) is 11.3 Å². The van der Waals surface area contributed by atoms with Crippen LogP contribution >= 0.6 is 11.3 Å². The number of nitrogens with zero attached hydrogens (tertiary/aromatic N) is 2. The summed E-state index contributed by atoms with van der Waals surface area (Å²) in [6, 6.07) is 6.48. The van der Waals surface area contributed by atoms with Gasteiger partial charge in [0.05, 0.1) is 0 Å². The minimum Gasteiger partial charge on any atom is -0.310 e. The third kappa shape index (κ3) is 3.86. The zero-order valence-electron chi connectivity index (χ0n) is 13.4. The number of fused-ring (bicyclic) bond motifs is 1. The predicted molar refractivity (Wildman–Crippen MR) is 90.9 cm³/mol. The lowest BCUT2D eigenvalue weighted by Gasteiger charge is -2.49. The van der Waals surface area contributed by atoms with Crippen LogP contribution in [0.3, 0.4) is 0 Å². The van der Waals surface area contributed by atoms with Crippen molar-refractivity contribution in [1.29, 1.82) is 0 Å². The Hall–Kier alpha value is -0.420. The average Bonchev–Trinajstić information content (AvgIpc) is 2.99. The molecule has 2 aliphatic rings. The second-order valence-electron chi connectivity index (χ2n) is 6.75. The molecular formula is C17H29N3S. The van der Waals surface area contributed by atoms with Crippen LogP contribution in [0.4, 0.5) is 0 Å². The van der Waals surface area contributed by atoms with Crippen molar-refractivity contribution < 1.29 is 0 Å². The molecule has 2 aliphatic heterocycles. The summed E-state index contributed by atoms with van der Waals surface area (Å²) in [6.07, 6.45) is 4.23. The zero-order chi connectivity index (χ0) is 14.7. The Morgan fingerprint density at radius 3 is 3.10 bits per heavy atom. The average molecular weight is 308 g/mol. The Morgan fingerprint density at radius 1 is 1.38 bits per heavy atom. The molecule has 3 rings (SSSR count). The van der Waals surface area contributed by atoms with Crippen molar-refractivity contribution >= 4 is 11.3 Å². The van der Waals surface area contributed by atoms with Crippen LogP contribution in [0.25, 0.3) is 0 Å². The first kappa shape index (κ1) is 15.5. The summed E-state index contributed by atoms with van der Waals surface area (Å²) in [4.78, 5) is 6.90. The van der Waals surface area contributed by atoms with Crippen molar-refractivity contribution in [3.05, 3.63) is 22.4 Å². The fourth-order valence-electron chi connectivity index (χ4n) is 3.92. The molecule has 0 saturated carbocycles. The molecule has 3 atom stereocenters. The van der Waals surface area contributed by atoms with Gasteiger partial charge in [-0.05, 0) is 44.7 Å². The maximum atomic E-state index is 3.63. The smallest absolute Gasteiger partial charge is 0.0300 e. The van der Waals surface area contributed by atoms with Crippen LogP contribution in [0, 0.1) is 0 Å². The molecule has 4 heteroatoms. The highest BCUT2D eigenvalue weighted by atomic mass is 32.1. The Morgan fingerprint density at radius 2 is 2.29 bits per heavy atom. The molecule has 21 heavy (non-hydrogen) atoms. The normalized spacial score (nSPS) is 29.2.